The fraction of sp³-hybridized carbons (Fsp3) is 0.581. The lowest BCUT2D eigenvalue weighted by Gasteiger charge is -2.30. The first-order chi connectivity index (χ1) is 20.3. The highest BCUT2D eigenvalue weighted by molar-refractivity contribution is 7.90. The van der Waals surface area contributed by atoms with Gasteiger partial charge in [0.2, 0.25) is 11.8 Å². The maximum atomic E-state index is 13.8. The predicted molar refractivity (Wildman–Crippen MR) is 157 cm³/mol. The highest BCUT2D eigenvalue weighted by atomic mass is 32.2. The van der Waals surface area contributed by atoms with Crippen molar-refractivity contribution in [3.8, 4) is 6.07 Å². The fourth-order valence-electron chi connectivity index (χ4n) is 5.89. The normalized spacial score (nSPS) is 27.4. The maximum Gasteiger partial charge on any atom is 0.408 e. The van der Waals surface area contributed by atoms with E-state index in [0.717, 1.165) is 12.8 Å². The highest BCUT2D eigenvalue weighted by Crippen LogP contribution is 2.57. The molecule has 0 unspecified atom stereocenters. The van der Waals surface area contributed by atoms with Crippen molar-refractivity contribution in [2.75, 3.05) is 6.54 Å². The molecule has 43 heavy (non-hydrogen) atoms. The molecule has 0 bridgehead atoms. The van der Waals surface area contributed by atoms with Crippen LogP contribution in [0.5, 0.6) is 0 Å². The molecule has 2 fully saturated rings. The van der Waals surface area contributed by atoms with Gasteiger partial charge >= 0.3 is 6.09 Å². The van der Waals surface area contributed by atoms with Crippen LogP contribution >= 0.6 is 0 Å². The zero-order chi connectivity index (χ0) is 31.4. The van der Waals surface area contributed by atoms with Crippen molar-refractivity contribution in [2.45, 2.75) is 101 Å². The van der Waals surface area contributed by atoms with E-state index in [1.54, 1.807) is 20.8 Å². The Labute approximate surface area is 253 Å². The third-order valence-corrected chi connectivity index (χ3v) is 9.53. The van der Waals surface area contributed by atoms with Gasteiger partial charge < -0.3 is 15.0 Å². The summed E-state index contributed by atoms with van der Waals surface area (Å²) < 4.78 is 33.7. The summed E-state index contributed by atoms with van der Waals surface area (Å²) in [6.07, 6.45) is 7.67. The summed E-state index contributed by atoms with van der Waals surface area (Å²) >= 11 is 0. The number of amides is 3. The average molecular weight is 613 g/mol. The minimum absolute atomic E-state index is 0.134. The summed E-state index contributed by atoms with van der Waals surface area (Å²) in [5.74, 6) is -1.77. The van der Waals surface area contributed by atoms with E-state index < -0.39 is 45.1 Å². The molecule has 1 saturated carbocycles. The van der Waals surface area contributed by atoms with Crippen molar-refractivity contribution in [3.05, 3.63) is 42.0 Å². The number of Topliss-reactive ketones (excluding diaryl/α,β-unsaturated/α-hetero) is 1. The molecule has 2 heterocycles. The number of fused-ring (bicyclic) bond motifs is 2. The zero-order valence-electron chi connectivity index (χ0n) is 24.9. The van der Waals surface area contributed by atoms with Gasteiger partial charge in [-0.15, -0.1) is 0 Å². The summed E-state index contributed by atoms with van der Waals surface area (Å²) in [6.45, 7) is 5.55. The Morgan fingerprint density at radius 1 is 1.12 bits per heavy atom. The molecule has 11 nitrogen and oxygen atoms in total. The zero-order valence-corrected chi connectivity index (χ0v) is 25.7. The molecule has 0 spiro atoms. The third-order valence-electron chi connectivity index (χ3n) is 8.20. The van der Waals surface area contributed by atoms with Gasteiger partial charge in [0.05, 0.1) is 28.0 Å². The van der Waals surface area contributed by atoms with E-state index in [4.69, 9.17) is 10.00 Å². The lowest BCUT2D eigenvalue weighted by Crippen LogP contribution is -2.52. The summed E-state index contributed by atoms with van der Waals surface area (Å²) in [6, 6.07) is 5.61. The SMILES string of the molecule is CC(C)(C)OC(=O)N[C@H]1CCCCC/C=C\[C@@H]2C[C@@]2(C(=O)NS(=O)(=O)c2cccc(C#N)c2)CC(=O)[C@@H]2CCCN2C1=O. The van der Waals surface area contributed by atoms with Crippen LogP contribution in [-0.4, -0.2) is 61.2 Å². The first-order valence-corrected chi connectivity index (χ1v) is 16.3. The number of nitriles is 1. The van der Waals surface area contributed by atoms with Crippen molar-refractivity contribution in [1.82, 2.24) is 14.9 Å². The Bertz CT molecular complexity index is 1440. The molecule has 4 atom stereocenters. The number of nitrogens with one attached hydrogen (secondary N) is 2. The smallest absolute Gasteiger partial charge is 0.408 e. The van der Waals surface area contributed by atoms with Gasteiger partial charge in [0.25, 0.3) is 10.0 Å². The van der Waals surface area contributed by atoms with Gasteiger partial charge in [0, 0.05) is 13.0 Å². The Morgan fingerprint density at radius 3 is 2.60 bits per heavy atom. The number of ether oxygens (including phenoxy) is 1. The fourth-order valence-corrected chi connectivity index (χ4v) is 7.00. The second-order valence-corrected chi connectivity index (χ2v) is 14.3. The molecule has 3 amide bonds. The van der Waals surface area contributed by atoms with Crippen LogP contribution < -0.4 is 10.0 Å². The van der Waals surface area contributed by atoms with Crippen molar-refractivity contribution < 1.29 is 32.3 Å². The van der Waals surface area contributed by atoms with Crippen molar-refractivity contribution in [2.24, 2.45) is 11.3 Å². The second-order valence-electron chi connectivity index (χ2n) is 12.6. The van der Waals surface area contributed by atoms with Crippen LogP contribution in [0.25, 0.3) is 0 Å². The Hall–Kier alpha value is -3.72. The standard InChI is InChI=1S/C31H40N4O7S/c1-30(2,3)42-29(39)33-24-14-8-6-4-5-7-12-22-18-31(22,19-26(36)25-15-10-16-35(25)27(24)37)28(38)34-43(40,41)23-13-9-11-21(17-23)20-32/h7,9,11-13,17,22,24-25H,4-6,8,10,14-16,18-19H2,1-3H3,(H,33,39)(H,34,38)/b12-7-/t22-,24+,25+,31-/m1/s1. The van der Waals surface area contributed by atoms with Gasteiger partial charge in [0.1, 0.15) is 11.6 Å². The molecule has 2 aliphatic heterocycles. The second kappa shape index (κ2) is 12.9. The lowest BCUT2D eigenvalue weighted by molar-refractivity contribution is -0.140. The van der Waals surface area contributed by atoms with Gasteiger partial charge in [0.15, 0.2) is 5.78 Å². The average Bonchev–Trinajstić information content (AvgIpc) is 3.39. The van der Waals surface area contributed by atoms with E-state index in [1.165, 1.54) is 29.2 Å². The van der Waals surface area contributed by atoms with E-state index >= 15 is 0 Å². The quantitative estimate of drug-likeness (QED) is 0.486. The minimum Gasteiger partial charge on any atom is -0.444 e. The highest BCUT2D eigenvalue weighted by Gasteiger charge is 2.61. The molecular formula is C31H40N4O7S. The number of alkyl carbamates (subject to hydrolysis) is 1. The summed E-state index contributed by atoms with van der Waals surface area (Å²) in [4.78, 5) is 54.9. The van der Waals surface area contributed by atoms with E-state index in [2.05, 4.69) is 10.0 Å². The Morgan fingerprint density at radius 2 is 1.88 bits per heavy atom. The first kappa shape index (κ1) is 32.2. The summed E-state index contributed by atoms with van der Waals surface area (Å²) in [7, 11) is -4.30. The predicted octanol–water partition coefficient (Wildman–Crippen LogP) is 3.73. The maximum absolute atomic E-state index is 13.8. The number of carbonyl (C=O) groups is 4. The van der Waals surface area contributed by atoms with Crippen LogP contribution in [0.1, 0.15) is 84.1 Å². The molecule has 3 aliphatic rings. The molecule has 4 rings (SSSR count). The molecule has 1 aromatic rings. The van der Waals surface area contributed by atoms with E-state index in [0.29, 0.717) is 45.1 Å². The van der Waals surface area contributed by atoms with Crippen LogP contribution in [-0.2, 0) is 29.1 Å². The topological polar surface area (TPSA) is 163 Å². The Kier molecular flexibility index (Phi) is 9.64. The van der Waals surface area contributed by atoms with Crippen LogP contribution in [0.2, 0.25) is 0 Å². The van der Waals surface area contributed by atoms with Gasteiger partial charge in [-0.3, -0.25) is 14.4 Å². The van der Waals surface area contributed by atoms with Crippen LogP contribution in [0.4, 0.5) is 4.79 Å². The molecule has 232 valence electrons. The third kappa shape index (κ3) is 7.82. The van der Waals surface area contributed by atoms with Crippen LogP contribution in [0.15, 0.2) is 41.3 Å². The number of carbonyl (C=O) groups excluding carboxylic acids is 4. The largest absolute Gasteiger partial charge is 0.444 e. The van der Waals surface area contributed by atoms with E-state index in [-0.39, 0.29) is 34.5 Å². The molecule has 0 aromatic heterocycles. The van der Waals surface area contributed by atoms with Gasteiger partial charge in [-0.1, -0.05) is 31.1 Å². The van der Waals surface area contributed by atoms with Gasteiger partial charge in [-0.05, 0) is 83.4 Å². The molecular weight excluding hydrogens is 572 g/mol. The monoisotopic (exact) mass is 612 g/mol. The lowest BCUT2D eigenvalue weighted by atomic mass is 9.91. The number of allylic oxidation sites excluding steroid dienone is 2. The number of ketones is 1. The number of benzene rings is 1. The van der Waals surface area contributed by atoms with Gasteiger partial charge in [-0.25, -0.2) is 17.9 Å². The summed E-state index contributed by atoms with van der Waals surface area (Å²) in [5.41, 5.74) is -1.87. The first-order valence-electron chi connectivity index (χ1n) is 14.8. The number of sulfonamides is 1. The molecule has 0 radical (unpaired) electrons. The summed E-state index contributed by atoms with van der Waals surface area (Å²) in [5, 5.41) is 11.9. The molecule has 1 aliphatic carbocycles. The van der Waals surface area contributed by atoms with E-state index in [9.17, 15) is 27.6 Å². The molecule has 1 saturated heterocycles. The van der Waals surface area contributed by atoms with Crippen LogP contribution in [0, 0.1) is 22.7 Å². The molecule has 12 heteroatoms. The number of hydrogen-bond donors (Lipinski definition) is 2. The van der Waals surface area contributed by atoms with Crippen LogP contribution in [0.3, 0.4) is 0 Å². The van der Waals surface area contributed by atoms with Crippen molar-refractivity contribution >= 4 is 33.7 Å². The number of hydrogen-bond acceptors (Lipinski definition) is 8. The van der Waals surface area contributed by atoms with E-state index in [1.807, 2.05) is 18.2 Å². The van der Waals surface area contributed by atoms with Gasteiger partial charge in [-0.2, -0.15) is 5.26 Å². The Balaban J connectivity index is 1.57. The molecule has 2 N–H and O–H groups in total. The minimum atomic E-state index is -4.30. The molecule has 1 aromatic carbocycles. The van der Waals surface area contributed by atoms with Crippen molar-refractivity contribution in [1.29, 1.82) is 5.26 Å². The number of nitrogens with zero attached hydrogens (tertiary/aromatic N) is 2. The number of rotatable bonds is 4. The van der Waals surface area contributed by atoms with Crippen molar-refractivity contribution in [3.63, 3.8) is 0 Å².